The quantitative estimate of drug-likeness (QED) is 0.461. The predicted molar refractivity (Wildman–Crippen MR) is 42.2 cm³/mol. The summed E-state index contributed by atoms with van der Waals surface area (Å²) in [6.07, 6.45) is 3.45. The first-order valence-corrected chi connectivity index (χ1v) is 3.40. The Morgan fingerprint density at radius 2 is 2.10 bits per heavy atom. The summed E-state index contributed by atoms with van der Waals surface area (Å²) in [5.41, 5.74) is 0. The van der Waals surface area contributed by atoms with Crippen LogP contribution in [0.1, 0.15) is 26.2 Å². The zero-order chi connectivity index (χ0) is 7.11. The molecule has 0 aromatic rings. The number of hydrogen-bond donors (Lipinski definition) is 0. The first-order valence-electron chi connectivity index (χ1n) is 3.40. The van der Waals surface area contributed by atoms with E-state index in [0.29, 0.717) is 0 Å². The molecule has 0 aliphatic heterocycles. The van der Waals surface area contributed by atoms with Crippen molar-refractivity contribution in [1.82, 2.24) is 0 Å². The van der Waals surface area contributed by atoms with Gasteiger partial charge in [0.15, 0.2) is 0 Å². The van der Waals surface area contributed by atoms with Crippen molar-refractivity contribution < 1.29 is 25.8 Å². The summed E-state index contributed by atoms with van der Waals surface area (Å²) in [6, 6.07) is 0. The molecule has 10 heavy (non-hydrogen) atoms. The summed E-state index contributed by atoms with van der Waals surface area (Å²) in [5.74, 6) is 0.983. The van der Waals surface area contributed by atoms with Gasteiger partial charge in [0.1, 0.15) is 0 Å². The molecule has 57 valence electrons. The molecule has 0 heterocycles. The van der Waals surface area contributed by atoms with Crippen LogP contribution in [0.3, 0.4) is 0 Å². The van der Waals surface area contributed by atoms with Gasteiger partial charge in [-0.3, -0.25) is 0 Å². The van der Waals surface area contributed by atoms with E-state index < -0.39 is 0 Å². The molecule has 3 heteroatoms. The van der Waals surface area contributed by atoms with E-state index in [1.54, 1.807) is 14.1 Å². The van der Waals surface area contributed by atoms with Gasteiger partial charge < -0.3 is 10.3 Å². The van der Waals surface area contributed by atoms with Crippen LogP contribution in [0.2, 0.25) is 0 Å². The van der Waals surface area contributed by atoms with Gasteiger partial charge in [0, 0.05) is 25.8 Å². The van der Waals surface area contributed by atoms with Crippen molar-refractivity contribution in [2.45, 2.75) is 26.2 Å². The topological polar surface area (TPSA) is 26.5 Å². The largest absolute Gasteiger partial charge is 0.473 e. The Kier molecular flexibility index (Phi) is 12.1. The Labute approximate surface area is 82.3 Å². The second-order valence-electron chi connectivity index (χ2n) is 1.97. The van der Waals surface area contributed by atoms with Crippen LogP contribution in [0.5, 0.6) is 0 Å². The minimum Gasteiger partial charge on any atom is -0.473 e. The van der Waals surface area contributed by atoms with Crippen molar-refractivity contribution in [3.63, 3.8) is 0 Å². The molecule has 0 aromatic heterocycles. The van der Waals surface area contributed by atoms with Gasteiger partial charge in [-0.15, -0.1) is 0 Å². The van der Waals surface area contributed by atoms with Gasteiger partial charge in [0.2, 0.25) is 0 Å². The molecule has 0 bridgehead atoms. The molecule has 0 saturated carbocycles. The fraction of sp³-hybridized carbons (Fsp3) is 0.857. The average Bonchev–Trinajstić information content (AvgIpc) is 1.91. The maximum Gasteiger partial charge on any atom is 0 e. The maximum atomic E-state index is 3.99. The van der Waals surface area contributed by atoms with Gasteiger partial charge in [-0.25, -0.2) is 0 Å². The molecule has 0 spiro atoms. The third-order valence-corrected chi connectivity index (χ3v) is 1.27. The van der Waals surface area contributed by atoms with Gasteiger partial charge in [0.25, 0.3) is 0 Å². The van der Waals surface area contributed by atoms with Gasteiger partial charge in [-0.2, -0.15) is 0 Å². The molecule has 1 radical (unpaired) electrons. The summed E-state index contributed by atoms with van der Waals surface area (Å²) < 4.78 is 0. The van der Waals surface area contributed by atoms with Crippen molar-refractivity contribution in [1.29, 1.82) is 0 Å². The van der Waals surface area contributed by atoms with Crippen LogP contribution in [0.4, 0.5) is 0 Å². The molecular formula is C7H15N2Sc-. The van der Waals surface area contributed by atoms with Crippen LogP contribution in [0.15, 0.2) is 4.99 Å². The summed E-state index contributed by atoms with van der Waals surface area (Å²) in [4.78, 5) is 3.99. The van der Waals surface area contributed by atoms with Crippen molar-refractivity contribution in [3.8, 4) is 0 Å². The van der Waals surface area contributed by atoms with E-state index in [0.717, 1.165) is 12.3 Å². The van der Waals surface area contributed by atoms with Crippen LogP contribution >= 0.6 is 0 Å². The normalized spacial score (nSPS) is 10.5. The van der Waals surface area contributed by atoms with Crippen LogP contribution in [-0.4, -0.2) is 19.9 Å². The molecule has 0 unspecified atom stereocenters. The van der Waals surface area contributed by atoms with E-state index in [4.69, 9.17) is 0 Å². The number of amidine groups is 1. The first kappa shape index (κ1) is 13.0. The Bertz CT molecular complexity index is 91.6. The van der Waals surface area contributed by atoms with Gasteiger partial charge >= 0.3 is 0 Å². The van der Waals surface area contributed by atoms with Gasteiger partial charge in [-0.05, 0) is 6.42 Å². The molecule has 0 N–H and O–H groups in total. The summed E-state index contributed by atoms with van der Waals surface area (Å²) in [5, 5.41) is 3.99. The zero-order valence-corrected chi connectivity index (χ0v) is 8.90. The van der Waals surface area contributed by atoms with E-state index >= 15 is 0 Å². The van der Waals surface area contributed by atoms with E-state index in [9.17, 15) is 0 Å². The molecule has 0 amide bonds. The molecule has 0 rings (SSSR count). The standard InChI is InChI=1S/C7H15N2.Sc/c1-4-5-6-7(8-2)9-3;/h4-6H2,1-3H3;/q-1;. The molecular weight excluding hydrogens is 157 g/mol. The van der Waals surface area contributed by atoms with Gasteiger partial charge in [-0.1, -0.05) is 39.7 Å². The van der Waals surface area contributed by atoms with E-state index in [2.05, 4.69) is 17.2 Å². The van der Waals surface area contributed by atoms with Crippen molar-refractivity contribution in [2.24, 2.45) is 4.99 Å². The fourth-order valence-electron chi connectivity index (χ4n) is 0.658. The Morgan fingerprint density at radius 3 is 2.40 bits per heavy atom. The summed E-state index contributed by atoms with van der Waals surface area (Å²) in [7, 11) is 3.58. The van der Waals surface area contributed by atoms with Crippen LogP contribution in [-0.2, 0) is 25.8 Å². The third kappa shape index (κ3) is 6.46. The monoisotopic (exact) mass is 172 g/mol. The fourth-order valence-corrected chi connectivity index (χ4v) is 0.658. The zero-order valence-electron chi connectivity index (χ0n) is 7.09. The molecule has 0 aromatic carbocycles. The van der Waals surface area contributed by atoms with Crippen LogP contribution in [0, 0.1) is 0 Å². The number of aliphatic imine (C=N–C) groups is 1. The van der Waals surface area contributed by atoms with E-state index in [1.165, 1.54) is 12.8 Å². The average molecular weight is 172 g/mol. The first-order chi connectivity index (χ1) is 4.35. The molecule has 0 atom stereocenters. The van der Waals surface area contributed by atoms with E-state index in [1.807, 2.05) is 0 Å². The van der Waals surface area contributed by atoms with Crippen molar-refractivity contribution in [3.05, 3.63) is 5.32 Å². The van der Waals surface area contributed by atoms with Crippen molar-refractivity contribution in [2.75, 3.05) is 14.1 Å². The summed E-state index contributed by atoms with van der Waals surface area (Å²) in [6.45, 7) is 2.17. The predicted octanol–water partition coefficient (Wildman–Crippen LogP) is 2.21. The molecule has 0 aliphatic rings. The van der Waals surface area contributed by atoms with Crippen LogP contribution in [0.25, 0.3) is 5.32 Å². The second-order valence-corrected chi connectivity index (χ2v) is 1.97. The smallest absolute Gasteiger partial charge is 0 e. The maximum absolute atomic E-state index is 3.99. The molecule has 0 aliphatic carbocycles. The minimum atomic E-state index is 0. The third-order valence-electron chi connectivity index (χ3n) is 1.27. The van der Waals surface area contributed by atoms with Crippen molar-refractivity contribution >= 4 is 5.84 Å². The van der Waals surface area contributed by atoms with Crippen LogP contribution < -0.4 is 0 Å². The summed E-state index contributed by atoms with van der Waals surface area (Å²) >= 11 is 0. The SMILES string of the molecule is CCCCC(=NC)[N-]C.[Sc]. The van der Waals surface area contributed by atoms with E-state index in [-0.39, 0.29) is 25.8 Å². The Balaban J connectivity index is 0. The second kappa shape index (κ2) is 9.34. The Morgan fingerprint density at radius 1 is 1.50 bits per heavy atom. The molecule has 0 saturated heterocycles. The molecule has 2 nitrogen and oxygen atoms in total. The molecule has 0 fully saturated rings. The number of hydrogen-bond acceptors (Lipinski definition) is 1. The van der Waals surface area contributed by atoms with Gasteiger partial charge in [0.05, 0.1) is 0 Å². The number of nitrogens with zero attached hydrogens (tertiary/aromatic N) is 2. The Hall–Kier alpha value is 0.340. The number of rotatable bonds is 3. The number of unbranched alkanes of at least 4 members (excludes halogenated alkanes) is 1. The minimum absolute atomic E-state index is 0.